The fourth-order valence-corrected chi connectivity index (χ4v) is 3.39. The minimum atomic E-state index is -2.93. The van der Waals surface area contributed by atoms with Crippen molar-refractivity contribution in [2.75, 3.05) is 24.5 Å². The van der Waals surface area contributed by atoms with Crippen molar-refractivity contribution in [1.82, 2.24) is 4.90 Å². The van der Waals surface area contributed by atoms with E-state index in [0.717, 1.165) is 19.4 Å². The van der Waals surface area contributed by atoms with E-state index in [0.29, 0.717) is 25.2 Å². The van der Waals surface area contributed by atoms with Crippen molar-refractivity contribution < 1.29 is 23.4 Å². The second-order valence-electron chi connectivity index (χ2n) is 5.93. The number of carbonyl (C=O) groups excluding carboxylic acids is 1. The summed E-state index contributed by atoms with van der Waals surface area (Å²) in [6.07, 6.45) is 1.83. The minimum Gasteiger partial charge on any atom is -0.433 e. The zero-order valence-electron chi connectivity index (χ0n) is 12.7. The molecule has 0 unspecified atom stereocenters. The van der Waals surface area contributed by atoms with E-state index in [1.165, 1.54) is 11.0 Å². The summed E-state index contributed by atoms with van der Waals surface area (Å²) >= 11 is 0. The van der Waals surface area contributed by atoms with Gasteiger partial charge in [0.15, 0.2) is 0 Å². The van der Waals surface area contributed by atoms with Gasteiger partial charge in [-0.1, -0.05) is 12.1 Å². The first-order chi connectivity index (χ1) is 11.1. The second kappa shape index (κ2) is 6.80. The Morgan fingerprint density at radius 2 is 2.00 bits per heavy atom. The number of likely N-dealkylation sites (tertiary alicyclic amines) is 1. The molecule has 3 rings (SSSR count). The number of amides is 1. The predicted octanol–water partition coefficient (Wildman–Crippen LogP) is 1.85. The molecule has 1 aromatic rings. The number of alkyl halides is 2. The van der Waals surface area contributed by atoms with E-state index in [1.54, 1.807) is 18.2 Å². The van der Waals surface area contributed by atoms with Gasteiger partial charge in [-0.05, 0) is 37.9 Å². The molecule has 0 saturated carbocycles. The van der Waals surface area contributed by atoms with Gasteiger partial charge in [0.1, 0.15) is 5.75 Å². The normalized spacial score (nSPS) is 26.1. The van der Waals surface area contributed by atoms with Crippen molar-refractivity contribution in [3.05, 3.63) is 24.3 Å². The molecule has 0 radical (unpaired) electrons. The van der Waals surface area contributed by atoms with Crippen LogP contribution in [0.2, 0.25) is 0 Å². The fourth-order valence-electron chi connectivity index (χ4n) is 3.39. The number of aliphatic hydroxyl groups is 1. The third-order valence-electron chi connectivity index (χ3n) is 4.42. The van der Waals surface area contributed by atoms with Crippen LogP contribution in [0, 0.1) is 0 Å². The number of piperidine rings is 1. The molecule has 1 N–H and O–H groups in total. The molecule has 1 aromatic carbocycles. The Morgan fingerprint density at radius 3 is 2.74 bits per heavy atom. The number of anilines is 1. The maximum absolute atomic E-state index is 12.7. The maximum Gasteiger partial charge on any atom is 0.387 e. The molecule has 2 saturated heterocycles. The lowest BCUT2D eigenvalue weighted by molar-refractivity contribution is -0.122. The Labute approximate surface area is 133 Å². The standard InChI is InChI=1S/C16H20F2N2O3/c17-16(18)23-14-6-2-1-5-12(14)20-9-7-13(15(20)22)19-8-3-4-11(21)10-19/h1-2,5-6,11,13,16,21H,3-4,7-10H2/t11-,13+/m0/s1. The number of benzene rings is 1. The van der Waals surface area contributed by atoms with Crippen LogP contribution in [0.4, 0.5) is 14.5 Å². The quantitative estimate of drug-likeness (QED) is 0.917. The lowest BCUT2D eigenvalue weighted by Crippen LogP contribution is -2.48. The molecule has 1 amide bonds. The Balaban J connectivity index is 1.77. The summed E-state index contributed by atoms with van der Waals surface area (Å²) in [4.78, 5) is 16.2. The number of nitrogens with zero attached hydrogens (tertiary/aromatic N) is 2. The van der Waals surface area contributed by atoms with Crippen LogP contribution >= 0.6 is 0 Å². The van der Waals surface area contributed by atoms with E-state index >= 15 is 0 Å². The molecular weight excluding hydrogens is 306 g/mol. The van der Waals surface area contributed by atoms with Gasteiger partial charge in [-0.15, -0.1) is 0 Å². The molecule has 0 bridgehead atoms. The monoisotopic (exact) mass is 326 g/mol. The fraction of sp³-hybridized carbons (Fsp3) is 0.562. The molecular formula is C16H20F2N2O3. The van der Waals surface area contributed by atoms with Gasteiger partial charge in [-0.25, -0.2) is 0 Å². The number of para-hydroxylation sites is 2. The average Bonchev–Trinajstić information content (AvgIpc) is 2.89. The van der Waals surface area contributed by atoms with E-state index in [4.69, 9.17) is 0 Å². The zero-order valence-corrected chi connectivity index (χ0v) is 12.7. The molecule has 2 atom stereocenters. The summed E-state index contributed by atoms with van der Waals surface area (Å²) in [6.45, 7) is -1.21. The summed E-state index contributed by atoms with van der Waals surface area (Å²) in [5.74, 6) is -0.111. The molecule has 2 aliphatic rings. The summed E-state index contributed by atoms with van der Waals surface area (Å²) in [5, 5.41) is 9.78. The summed E-state index contributed by atoms with van der Waals surface area (Å²) in [6, 6.07) is 6.04. The number of halogens is 2. The van der Waals surface area contributed by atoms with Crippen molar-refractivity contribution in [2.24, 2.45) is 0 Å². The molecule has 2 fully saturated rings. The number of carbonyl (C=O) groups is 1. The predicted molar refractivity (Wildman–Crippen MR) is 80.6 cm³/mol. The summed E-state index contributed by atoms with van der Waals surface area (Å²) < 4.78 is 29.6. The molecule has 5 nitrogen and oxygen atoms in total. The average molecular weight is 326 g/mol. The van der Waals surface area contributed by atoms with Gasteiger partial charge in [0.2, 0.25) is 5.91 Å². The van der Waals surface area contributed by atoms with Gasteiger partial charge in [0.25, 0.3) is 0 Å². The van der Waals surface area contributed by atoms with Gasteiger partial charge in [0.05, 0.1) is 17.8 Å². The number of aliphatic hydroxyl groups excluding tert-OH is 1. The van der Waals surface area contributed by atoms with Gasteiger partial charge >= 0.3 is 6.61 Å². The van der Waals surface area contributed by atoms with Gasteiger partial charge in [-0.2, -0.15) is 8.78 Å². The molecule has 23 heavy (non-hydrogen) atoms. The van der Waals surface area contributed by atoms with Gasteiger partial charge in [-0.3, -0.25) is 9.69 Å². The van der Waals surface area contributed by atoms with Gasteiger partial charge < -0.3 is 14.7 Å². The Kier molecular flexibility index (Phi) is 4.77. The van der Waals surface area contributed by atoms with Crippen molar-refractivity contribution in [2.45, 2.75) is 38.0 Å². The van der Waals surface area contributed by atoms with Crippen LogP contribution in [0.15, 0.2) is 24.3 Å². The van der Waals surface area contributed by atoms with Crippen LogP contribution in [-0.4, -0.2) is 54.3 Å². The summed E-state index contributed by atoms with van der Waals surface area (Å²) in [5.41, 5.74) is 0.373. The zero-order chi connectivity index (χ0) is 16.4. The lowest BCUT2D eigenvalue weighted by atomic mass is 10.1. The van der Waals surface area contributed by atoms with E-state index in [9.17, 15) is 18.7 Å². The highest BCUT2D eigenvalue weighted by Gasteiger charge is 2.39. The third kappa shape index (κ3) is 3.45. The Bertz CT molecular complexity index is 570. The smallest absolute Gasteiger partial charge is 0.387 e. The molecule has 2 heterocycles. The molecule has 7 heteroatoms. The van der Waals surface area contributed by atoms with Crippen molar-refractivity contribution in [3.8, 4) is 5.75 Å². The largest absolute Gasteiger partial charge is 0.433 e. The maximum atomic E-state index is 12.7. The highest BCUT2D eigenvalue weighted by atomic mass is 19.3. The SMILES string of the molecule is O=C1[C@H](N2CCC[C@H](O)C2)CCN1c1ccccc1OC(F)F. The van der Waals surface area contributed by atoms with E-state index in [2.05, 4.69) is 4.74 Å². The van der Waals surface area contributed by atoms with Crippen molar-refractivity contribution in [1.29, 1.82) is 0 Å². The van der Waals surface area contributed by atoms with Crippen LogP contribution in [-0.2, 0) is 4.79 Å². The molecule has 0 aromatic heterocycles. The summed E-state index contributed by atoms with van der Waals surface area (Å²) in [7, 11) is 0. The highest BCUT2D eigenvalue weighted by molar-refractivity contribution is 6.00. The van der Waals surface area contributed by atoms with Crippen LogP contribution in [0.1, 0.15) is 19.3 Å². The first-order valence-electron chi connectivity index (χ1n) is 7.83. The second-order valence-corrected chi connectivity index (χ2v) is 5.93. The Hall–Kier alpha value is -1.73. The van der Waals surface area contributed by atoms with Crippen LogP contribution in [0.5, 0.6) is 5.75 Å². The first kappa shape index (κ1) is 16.1. The van der Waals surface area contributed by atoms with Crippen molar-refractivity contribution >= 4 is 11.6 Å². The minimum absolute atomic E-state index is 0.00942. The third-order valence-corrected chi connectivity index (χ3v) is 4.42. The molecule has 126 valence electrons. The number of β-amino-alcohol motifs (C(OH)–C–C–N with tert-alkyl or cyclic N) is 1. The number of hydrogen-bond donors (Lipinski definition) is 1. The first-order valence-corrected chi connectivity index (χ1v) is 7.83. The van der Waals surface area contributed by atoms with Crippen LogP contribution < -0.4 is 9.64 Å². The highest BCUT2D eigenvalue weighted by Crippen LogP contribution is 2.34. The number of rotatable bonds is 4. The van der Waals surface area contributed by atoms with E-state index in [1.807, 2.05) is 4.90 Å². The number of hydrogen-bond acceptors (Lipinski definition) is 4. The number of ether oxygens (including phenoxy) is 1. The molecule has 0 spiro atoms. The van der Waals surface area contributed by atoms with E-state index in [-0.39, 0.29) is 17.7 Å². The van der Waals surface area contributed by atoms with E-state index < -0.39 is 12.7 Å². The Morgan fingerprint density at radius 1 is 1.22 bits per heavy atom. The topological polar surface area (TPSA) is 53.0 Å². The van der Waals surface area contributed by atoms with Gasteiger partial charge in [0, 0.05) is 13.1 Å². The van der Waals surface area contributed by atoms with Crippen molar-refractivity contribution in [3.63, 3.8) is 0 Å². The van der Waals surface area contributed by atoms with Crippen LogP contribution in [0.3, 0.4) is 0 Å². The molecule has 0 aliphatic carbocycles. The molecule has 2 aliphatic heterocycles. The lowest BCUT2D eigenvalue weighted by Gasteiger charge is -2.33. The van der Waals surface area contributed by atoms with Crippen LogP contribution in [0.25, 0.3) is 0 Å².